The van der Waals surface area contributed by atoms with Crippen molar-refractivity contribution in [1.29, 1.82) is 0 Å². The number of carbonyl (C=O) groups is 2. The van der Waals surface area contributed by atoms with Gasteiger partial charge in [-0.15, -0.1) is 0 Å². The monoisotopic (exact) mass is 579 g/mol. The van der Waals surface area contributed by atoms with Gasteiger partial charge in [-0.3, -0.25) is 13.9 Å². The zero-order valence-electron chi connectivity index (χ0n) is 24.5. The average molecular weight is 580 g/mol. The van der Waals surface area contributed by atoms with E-state index in [1.54, 1.807) is 43.5 Å². The Morgan fingerprint density at radius 1 is 0.878 bits per heavy atom. The predicted octanol–water partition coefficient (Wildman–Crippen LogP) is 5.18. The second-order valence-electron chi connectivity index (χ2n) is 9.96. The van der Waals surface area contributed by atoms with Crippen molar-refractivity contribution < 1.29 is 22.7 Å². The molecule has 3 aromatic carbocycles. The number of carbonyl (C=O) groups excluding carboxylic acids is 2. The SMILES string of the molecule is CCc1ccc(N(CC(=O)N(Cc2cccc(OC)c2)[C@@H](CC)C(=O)N[C@@H](C)CC)S(=O)(=O)c2ccccc2)cc1. The van der Waals surface area contributed by atoms with E-state index in [-0.39, 0.29) is 23.4 Å². The fourth-order valence-corrected chi connectivity index (χ4v) is 5.91. The molecule has 1 N–H and O–H groups in total. The van der Waals surface area contributed by atoms with Gasteiger partial charge in [-0.05, 0) is 73.7 Å². The van der Waals surface area contributed by atoms with Gasteiger partial charge in [-0.25, -0.2) is 8.42 Å². The molecule has 0 saturated carbocycles. The summed E-state index contributed by atoms with van der Waals surface area (Å²) in [7, 11) is -2.53. The lowest BCUT2D eigenvalue weighted by Gasteiger charge is -2.33. The maximum absolute atomic E-state index is 14.2. The Hall–Kier alpha value is -3.85. The molecule has 0 fully saturated rings. The molecule has 0 aliphatic heterocycles. The van der Waals surface area contributed by atoms with Crippen LogP contribution in [0.5, 0.6) is 5.75 Å². The molecule has 9 heteroatoms. The molecule has 0 unspecified atom stereocenters. The first-order valence-electron chi connectivity index (χ1n) is 14.0. The van der Waals surface area contributed by atoms with Crippen LogP contribution < -0.4 is 14.4 Å². The van der Waals surface area contributed by atoms with Crippen LogP contribution in [0, 0.1) is 0 Å². The summed E-state index contributed by atoms with van der Waals surface area (Å²) in [4.78, 5) is 29.1. The average Bonchev–Trinajstić information content (AvgIpc) is 3.00. The molecular weight excluding hydrogens is 538 g/mol. The summed E-state index contributed by atoms with van der Waals surface area (Å²) in [5.74, 6) is -0.141. The van der Waals surface area contributed by atoms with Crippen LogP contribution in [0.15, 0.2) is 83.8 Å². The summed E-state index contributed by atoms with van der Waals surface area (Å²) < 4.78 is 34.3. The van der Waals surface area contributed by atoms with E-state index < -0.39 is 28.5 Å². The molecule has 0 aliphatic rings. The molecule has 0 bridgehead atoms. The van der Waals surface area contributed by atoms with Gasteiger partial charge in [0.05, 0.1) is 17.7 Å². The van der Waals surface area contributed by atoms with Crippen LogP contribution in [0.2, 0.25) is 0 Å². The van der Waals surface area contributed by atoms with Crippen LogP contribution in [0.1, 0.15) is 51.7 Å². The zero-order chi connectivity index (χ0) is 30.0. The molecule has 220 valence electrons. The second-order valence-corrected chi connectivity index (χ2v) is 11.8. The summed E-state index contributed by atoms with van der Waals surface area (Å²) >= 11 is 0. The van der Waals surface area contributed by atoms with Gasteiger partial charge in [0.15, 0.2) is 0 Å². The van der Waals surface area contributed by atoms with Crippen LogP contribution in [-0.4, -0.2) is 50.9 Å². The third-order valence-corrected chi connectivity index (χ3v) is 8.90. The largest absolute Gasteiger partial charge is 0.497 e. The van der Waals surface area contributed by atoms with E-state index in [9.17, 15) is 18.0 Å². The Morgan fingerprint density at radius 3 is 2.15 bits per heavy atom. The Kier molecular flexibility index (Phi) is 11.3. The van der Waals surface area contributed by atoms with Crippen LogP contribution in [-0.2, 0) is 32.6 Å². The van der Waals surface area contributed by atoms with Gasteiger partial charge in [-0.1, -0.05) is 63.2 Å². The minimum absolute atomic E-state index is 0.0719. The number of aryl methyl sites for hydroxylation is 1. The van der Waals surface area contributed by atoms with Gasteiger partial charge in [0.1, 0.15) is 18.3 Å². The van der Waals surface area contributed by atoms with E-state index in [0.717, 1.165) is 28.3 Å². The van der Waals surface area contributed by atoms with Gasteiger partial charge >= 0.3 is 0 Å². The van der Waals surface area contributed by atoms with Crippen molar-refractivity contribution in [2.75, 3.05) is 18.0 Å². The quantitative estimate of drug-likeness (QED) is 0.284. The number of hydrogen-bond acceptors (Lipinski definition) is 5. The Bertz CT molecular complexity index is 1390. The number of nitrogens with one attached hydrogen (secondary N) is 1. The van der Waals surface area contributed by atoms with Gasteiger partial charge in [0, 0.05) is 12.6 Å². The standard InChI is InChI=1S/C32H41N3O5S/c1-6-24(4)33-32(37)30(8-3)34(22-26-13-12-14-28(21-26)40-5)31(36)23-35(27-19-17-25(7-2)18-20-27)41(38,39)29-15-10-9-11-16-29/h9-21,24,30H,6-8,22-23H2,1-5H3,(H,33,37)/t24-,30-/m0/s1. The normalized spacial score (nSPS) is 12.7. The van der Waals surface area contributed by atoms with Crippen molar-refractivity contribution in [3.63, 3.8) is 0 Å². The Labute approximate surface area is 244 Å². The molecule has 0 spiro atoms. The molecule has 2 atom stereocenters. The predicted molar refractivity (Wildman–Crippen MR) is 162 cm³/mol. The maximum atomic E-state index is 14.2. The van der Waals surface area contributed by atoms with Crippen LogP contribution in [0.3, 0.4) is 0 Å². The second kappa shape index (κ2) is 14.7. The first kappa shape index (κ1) is 31.7. The third kappa shape index (κ3) is 8.10. The number of amides is 2. The van der Waals surface area contributed by atoms with E-state index in [1.165, 1.54) is 17.0 Å². The molecule has 0 heterocycles. The highest BCUT2D eigenvalue weighted by atomic mass is 32.2. The van der Waals surface area contributed by atoms with E-state index in [2.05, 4.69) is 5.32 Å². The van der Waals surface area contributed by atoms with E-state index in [1.807, 2.05) is 58.0 Å². The lowest BCUT2D eigenvalue weighted by Crippen LogP contribution is -2.53. The summed E-state index contributed by atoms with van der Waals surface area (Å²) in [5.41, 5.74) is 2.18. The Morgan fingerprint density at radius 2 is 1.56 bits per heavy atom. The number of ether oxygens (including phenoxy) is 1. The Balaban J connectivity index is 2.06. The van der Waals surface area contributed by atoms with E-state index in [0.29, 0.717) is 17.9 Å². The van der Waals surface area contributed by atoms with Crippen molar-refractivity contribution in [2.24, 2.45) is 0 Å². The summed E-state index contributed by atoms with van der Waals surface area (Å²) in [5, 5.41) is 2.99. The number of methoxy groups -OCH3 is 1. The summed E-state index contributed by atoms with van der Waals surface area (Å²) in [6, 6.07) is 21.6. The van der Waals surface area contributed by atoms with Gasteiger partial charge in [0.25, 0.3) is 10.0 Å². The van der Waals surface area contributed by atoms with Crippen molar-refractivity contribution >= 4 is 27.5 Å². The molecule has 41 heavy (non-hydrogen) atoms. The van der Waals surface area contributed by atoms with Crippen LogP contribution in [0.4, 0.5) is 5.69 Å². The minimum atomic E-state index is -4.10. The summed E-state index contributed by atoms with van der Waals surface area (Å²) in [6.45, 7) is 7.38. The van der Waals surface area contributed by atoms with Crippen molar-refractivity contribution in [2.45, 2.75) is 70.5 Å². The lowest BCUT2D eigenvalue weighted by molar-refractivity contribution is -0.140. The summed E-state index contributed by atoms with van der Waals surface area (Å²) in [6.07, 6.45) is 1.89. The topological polar surface area (TPSA) is 96.0 Å². The highest BCUT2D eigenvalue weighted by Gasteiger charge is 2.34. The van der Waals surface area contributed by atoms with Gasteiger partial charge in [0.2, 0.25) is 11.8 Å². The minimum Gasteiger partial charge on any atom is -0.497 e. The van der Waals surface area contributed by atoms with Crippen LogP contribution >= 0.6 is 0 Å². The number of benzene rings is 3. The molecule has 0 radical (unpaired) electrons. The zero-order valence-corrected chi connectivity index (χ0v) is 25.4. The molecule has 0 aromatic heterocycles. The molecule has 2 amide bonds. The fourth-order valence-electron chi connectivity index (χ4n) is 4.47. The molecule has 3 rings (SSSR count). The van der Waals surface area contributed by atoms with Crippen molar-refractivity contribution in [3.05, 3.63) is 90.0 Å². The number of hydrogen-bond donors (Lipinski definition) is 1. The van der Waals surface area contributed by atoms with Crippen molar-refractivity contribution in [3.8, 4) is 5.75 Å². The van der Waals surface area contributed by atoms with E-state index >= 15 is 0 Å². The highest BCUT2D eigenvalue weighted by Crippen LogP contribution is 2.26. The molecular formula is C32H41N3O5S. The molecule has 0 saturated heterocycles. The first-order chi connectivity index (χ1) is 19.6. The number of rotatable bonds is 14. The number of sulfonamides is 1. The lowest BCUT2D eigenvalue weighted by atomic mass is 10.1. The number of anilines is 1. The third-order valence-electron chi connectivity index (χ3n) is 7.12. The molecule has 0 aliphatic carbocycles. The molecule has 8 nitrogen and oxygen atoms in total. The highest BCUT2D eigenvalue weighted by molar-refractivity contribution is 7.92. The number of nitrogens with zero attached hydrogens (tertiary/aromatic N) is 2. The van der Waals surface area contributed by atoms with E-state index in [4.69, 9.17) is 4.74 Å². The first-order valence-corrected chi connectivity index (χ1v) is 15.5. The van der Waals surface area contributed by atoms with Crippen LogP contribution in [0.25, 0.3) is 0 Å². The fraction of sp³-hybridized carbons (Fsp3) is 0.375. The van der Waals surface area contributed by atoms with Gasteiger partial charge in [-0.2, -0.15) is 0 Å². The molecule has 3 aromatic rings. The maximum Gasteiger partial charge on any atom is 0.264 e. The smallest absolute Gasteiger partial charge is 0.264 e. The van der Waals surface area contributed by atoms with Gasteiger partial charge < -0.3 is 15.0 Å². The van der Waals surface area contributed by atoms with Crippen molar-refractivity contribution in [1.82, 2.24) is 10.2 Å².